The molecular weight excluding hydrogens is 220 g/mol. The van der Waals surface area contributed by atoms with Gasteiger partial charge in [0.1, 0.15) is 10.8 Å². The highest BCUT2D eigenvalue weighted by molar-refractivity contribution is 7.09. The minimum atomic E-state index is 0.481. The van der Waals surface area contributed by atoms with Crippen molar-refractivity contribution in [2.24, 2.45) is 0 Å². The Labute approximate surface area is 99.5 Å². The summed E-state index contributed by atoms with van der Waals surface area (Å²) < 4.78 is 5.30. The van der Waals surface area contributed by atoms with Crippen molar-refractivity contribution < 1.29 is 4.42 Å². The quantitative estimate of drug-likeness (QED) is 0.838. The van der Waals surface area contributed by atoms with Crippen molar-refractivity contribution >= 4 is 11.3 Å². The van der Waals surface area contributed by atoms with Crippen molar-refractivity contribution in [3.63, 3.8) is 0 Å². The predicted molar refractivity (Wildman–Crippen MR) is 65.4 cm³/mol. The minimum Gasteiger partial charge on any atom is -0.469 e. The second-order valence-corrected chi connectivity index (χ2v) is 4.80. The third kappa shape index (κ3) is 3.47. The first kappa shape index (κ1) is 11.4. The molecule has 0 fully saturated rings. The molecule has 0 aliphatic rings. The van der Waals surface area contributed by atoms with E-state index in [0.29, 0.717) is 6.04 Å². The van der Waals surface area contributed by atoms with Crippen LogP contribution in [0.25, 0.3) is 0 Å². The smallest absolute Gasteiger partial charge is 0.106 e. The van der Waals surface area contributed by atoms with Crippen LogP contribution in [-0.2, 0) is 13.0 Å². The van der Waals surface area contributed by atoms with E-state index in [1.54, 1.807) is 17.6 Å². The summed E-state index contributed by atoms with van der Waals surface area (Å²) in [6.45, 7) is 3.05. The van der Waals surface area contributed by atoms with Crippen LogP contribution in [0, 0.1) is 0 Å². The lowest BCUT2D eigenvalue weighted by Crippen LogP contribution is -2.25. The fourth-order valence-corrected chi connectivity index (χ4v) is 2.08. The van der Waals surface area contributed by atoms with Gasteiger partial charge in [-0.2, -0.15) is 0 Å². The van der Waals surface area contributed by atoms with Crippen LogP contribution in [0.4, 0.5) is 0 Å². The number of furan rings is 1. The number of thiazole rings is 1. The van der Waals surface area contributed by atoms with Gasteiger partial charge in [-0.15, -0.1) is 11.3 Å². The number of hydrogen-bond acceptors (Lipinski definition) is 4. The number of aryl methyl sites for hydroxylation is 1. The molecule has 0 aliphatic carbocycles. The molecule has 0 saturated carbocycles. The summed E-state index contributed by atoms with van der Waals surface area (Å²) in [6.07, 6.45) is 5.64. The second-order valence-electron chi connectivity index (χ2n) is 3.83. The van der Waals surface area contributed by atoms with Crippen LogP contribution in [0.15, 0.2) is 34.4 Å². The molecule has 0 aromatic carbocycles. The molecule has 16 heavy (non-hydrogen) atoms. The van der Waals surface area contributed by atoms with E-state index >= 15 is 0 Å². The van der Waals surface area contributed by atoms with Crippen molar-refractivity contribution in [1.82, 2.24) is 10.3 Å². The molecule has 1 N–H and O–H groups in total. The van der Waals surface area contributed by atoms with Crippen LogP contribution < -0.4 is 5.32 Å². The highest BCUT2D eigenvalue weighted by atomic mass is 32.1. The van der Waals surface area contributed by atoms with Gasteiger partial charge in [0, 0.05) is 30.6 Å². The number of hydrogen-bond donors (Lipinski definition) is 1. The zero-order valence-corrected chi connectivity index (χ0v) is 10.2. The van der Waals surface area contributed by atoms with Crippen LogP contribution in [0.3, 0.4) is 0 Å². The molecule has 4 heteroatoms. The Morgan fingerprint density at radius 2 is 2.50 bits per heavy atom. The maximum Gasteiger partial charge on any atom is 0.106 e. The number of nitrogens with one attached hydrogen (secondary N) is 1. The van der Waals surface area contributed by atoms with Crippen molar-refractivity contribution in [1.29, 1.82) is 0 Å². The van der Waals surface area contributed by atoms with Gasteiger partial charge in [-0.25, -0.2) is 4.98 Å². The summed E-state index contributed by atoms with van der Waals surface area (Å²) in [6, 6.07) is 4.44. The summed E-state index contributed by atoms with van der Waals surface area (Å²) in [4.78, 5) is 4.24. The molecule has 0 saturated heterocycles. The van der Waals surface area contributed by atoms with Gasteiger partial charge >= 0.3 is 0 Å². The van der Waals surface area contributed by atoms with Gasteiger partial charge in [0.15, 0.2) is 0 Å². The standard InChI is InChI=1S/C12H16N2OS/c1-10(4-5-11-3-2-7-15-11)14-9-12-13-6-8-16-12/h2-3,6-8,10,14H,4-5,9H2,1H3. The van der Waals surface area contributed by atoms with E-state index in [-0.39, 0.29) is 0 Å². The SMILES string of the molecule is CC(CCc1ccco1)NCc1nccs1. The molecule has 2 aromatic heterocycles. The fraction of sp³-hybridized carbons (Fsp3) is 0.417. The molecular formula is C12H16N2OS. The van der Waals surface area contributed by atoms with E-state index < -0.39 is 0 Å². The molecule has 0 bridgehead atoms. The highest BCUT2D eigenvalue weighted by Gasteiger charge is 2.04. The molecule has 0 radical (unpaired) electrons. The van der Waals surface area contributed by atoms with Gasteiger partial charge in [0.05, 0.1) is 6.26 Å². The van der Waals surface area contributed by atoms with Crippen LogP contribution in [0.1, 0.15) is 24.1 Å². The Kier molecular flexibility index (Phi) is 4.13. The molecule has 0 amide bonds. The minimum absolute atomic E-state index is 0.481. The first-order valence-corrected chi connectivity index (χ1v) is 6.36. The number of aromatic nitrogens is 1. The first-order valence-electron chi connectivity index (χ1n) is 5.49. The van der Waals surface area contributed by atoms with Gasteiger partial charge in [-0.3, -0.25) is 0 Å². The number of nitrogens with zero attached hydrogens (tertiary/aromatic N) is 1. The molecule has 1 atom stereocenters. The molecule has 2 aromatic rings. The lowest BCUT2D eigenvalue weighted by Gasteiger charge is -2.11. The van der Waals surface area contributed by atoms with E-state index in [1.165, 1.54) is 0 Å². The molecule has 2 heterocycles. The molecule has 2 rings (SSSR count). The van der Waals surface area contributed by atoms with Crippen LogP contribution >= 0.6 is 11.3 Å². The van der Waals surface area contributed by atoms with E-state index in [2.05, 4.69) is 17.2 Å². The number of rotatable bonds is 6. The van der Waals surface area contributed by atoms with Crippen LogP contribution in [0.5, 0.6) is 0 Å². The second kappa shape index (κ2) is 5.82. The van der Waals surface area contributed by atoms with Gasteiger partial charge in [-0.05, 0) is 25.5 Å². The third-order valence-electron chi connectivity index (χ3n) is 2.49. The third-order valence-corrected chi connectivity index (χ3v) is 3.27. The lowest BCUT2D eigenvalue weighted by atomic mass is 10.1. The van der Waals surface area contributed by atoms with Gasteiger partial charge in [0.25, 0.3) is 0 Å². The Balaban J connectivity index is 1.66. The summed E-state index contributed by atoms with van der Waals surface area (Å²) in [5, 5.41) is 6.60. The molecule has 0 aliphatic heterocycles. The van der Waals surface area contributed by atoms with E-state index in [1.807, 2.05) is 23.7 Å². The van der Waals surface area contributed by atoms with Crippen LogP contribution in [0.2, 0.25) is 0 Å². The zero-order valence-electron chi connectivity index (χ0n) is 9.35. The van der Waals surface area contributed by atoms with Crippen molar-refractivity contribution in [3.8, 4) is 0 Å². The van der Waals surface area contributed by atoms with Crippen molar-refractivity contribution in [2.75, 3.05) is 0 Å². The molecule has 3 nitrogen and oxygen atoms in total. The topological polar surface area (TPSA) is 38.1 Å². The maximum atomic E-state index is 5.30. The summed E-state index contributed by atoms with van der Waals surface area (Å²) in [5.74, 6) is 1.06. The van der Waals surface area contributed by atoms with Crippen molar-refractivity contribution in [2.45, 2.75) is 32.4 Å². The highest BCUT2D eigenvalue weighted by Crippen LogP contribution is 2.07. The predicted octanol–water partition coefficient (Wildman–Crippen LogP) is 2.85. The maximum absolute atomic E-state index is 5.30. The summed E-state index contributed by atoms with van der Waals surface area (Å²) in [5.41, 5.74) is 0. The monoisotopic (exact) mass is 236 g/mol. The Hall–Kier alpha value is -1.13. The lowest BCUT2D eigenvalue weighted by molar-refractivity contribution is 0.459. The molecule has 1 unspecified atom stereocenters. The zero-order chi connectivity index (χ0) is 11.2. The van der Waals surface area contributed by atoms with E-state index in [9.17, 15) is 0 Å². The first-order chi connectivity index (χ1) is 7.84. The van der Waals surface area contributed by atoms with Gasteiger partial charge < -0.3 is 9.73 Å². The molecule has 0 spiro atoms. The Morgan fingerprint density at radius 1 is 1.56 bits per heavy atom. The van der Waals surface area contributed by atoms with E-state index in [4.69, 9.17) is 4.42 Å². The van der Waals surface area contributed by atoms with Gasteiger partial charge in [-0.1, -0.05) is 0 Å². The average molecular weight is 236 g/mol. The normalized spacial score (nSPS) is 12.8. The Morgan fingerprint density at radius 3 is 3.19 bits per heavy atom. The summed E-state index contributed by atoms with van der Waals surface area (Å²) in [7, 11) is 0. The largest absolute Gasteiger partial charge is 0.469 e. The van der Waals surface area contributed by atoms with E-state index in [0.717, 1.165) is 30.2 Å². The average Bonchev–Trinajstić information content (AvgIpc) is 2.96. The molecule has 86 valence electrons. The fourth-order valence-electron chi connectivity index (χ4n) is 1.52. The Bertz CT molecular complexity index is 345. The van der Waals surface area contributed by atoms with Crippen molar-refractivity contribution in [3.05, 3.63) is 40.7 Å². The van der Waals surface area contributed by atoms with Gasteiger partial charge in [0.2, 0.25) is 0 Å². The summed E-state index contributed by atoms with van der Waals surface area (Å²) >= 11 is 1.69. The van der Waals surface area contributed by atoms with Crippen LogP contribution in [-0.4, -0.2) is 11.0 Å².